The van der Waals surface area contributed by atoms with E-state index in [1.807, 2.05) is 32.0 Å². The van der Waals surface area contributed by atoms with E-state index in [0.717, 1.165) is 33.3 Å². The highest BCUT2D eigenvalue weighted by atomic mass is 16.5. The lowest BCUT2D eigenvalue weighted by Gasteiger charge is -2.07. The van der Waals surface area contributed by atoms with Gasteiger partial charge in [-0.15, -0.1) is 0 Å². The molecule has 2 heterocycles. The van der Waals surface area contributed by atoms with E-state index in [1.165, 1.54) is 6.07 Å². The Morgan fingerprint density at radius 1 is 0.759 bits per heavy atom. The Morgan fingerprint density at radius 3 is 1.76 bits per heavy atom. The van der Waals surface area contributed by atoms with E-state index < -0.39 is 0 Å². The second kappa shape index (κ2) is 7.83. The second-order valence-corrected chi connectivity index (χ2v) is 7.02. The van der Waals surface area contributed by atoms with Gasteiger partial charge in [0.15, 0.2) is 0 Å². The molecule has 0 aliphatic heterocycles. The van der Waals surface area contributed by atoms with Crippen LogP contribution in [-0.4, -0.2) is 21.4 Å². The van der Waals surface area contributed by atoms with Gasteiger partial charge >= 0.3 is 0 Å². The molecule has 4 aromatic rings. The van der Waals surface area contributed by atoms with Crippen LogP contribution in [0.1, 0.15) is 11.4 Å². The van der Waals surface area contributed by atoms with Gasteiger partial charge in [0.05, 0.1) is 7.11 Å². The fourth-order valence-corrected chi connectivity index (χ4v) is 3.17. The highest BCUT2D eigenvalue weighted by Gasteiger charge is 2.05. The molecule has 2 aromatic carbocycles. The van der Waals surface area contributed by atoms with Gasteiger partial charge in [0.2, 0.25) is 0 Å². The minimum atomic E-state index is -0.0278. The summed E-state index contributed by atoms with van der Waals surface area (Å²) in [5, 5.41) is 12.3. The van der Waals surface area contributed by atoms with Crippen LogP contribution in [0.2, 0.25) is 0 Å². The first-order valence-corrected chi connectivity index (χ1v) is 9.16. The lowest BCUT2D eigenvalue weighted by atomic mass is 10.1. The van der Waals surface area contributed by atoms with Crippen molar-refractivity contribution in [3.8, 4) is 11.5 Å². The number of methoxy groups -OCH3 is 1. The molecule has 0 saturated carbocycles. The Balaban J connectivity index is 0.000000166. The summed E-state index contributed by atoms with van der Waals surface area (Å²) in [6, 6.07) is 14.1. The van der Waals surface area contributed by atoms with Crippen LogP contribution in [0, 0.1) is 13.8 Å². The third-order valence-electron chi connectivity index (χ3n) is 5.15. The van der Waals surface area contributed by atoms with Crippen LogP contribution in [0.3, 0.4) is 0 Å². The van der Waals surface area contributed by atoms with Gasteiger partial charge in [-0.2, -0.15) is 0 Å². The molecular weight excluding hydrogens is 368 g/mol. The topological polar surface area (TPSA) is 73.5 Å². The molecule has 150 valence electrons. The summed E-state index contributed by atoms with van der Waals surface area (Å²) in [5.41, 5.74) is 1.83. The van der Waals surface area contributed by atoms with Crippen molar-refractivity contribution < 1.29 is 9.84 Å². The van der Waals surface area contributed by atoms with Crippen molar-refractivity contribution in [2.45, 2.75) is 13.8 Å². The van der Waals surface area contributed by atoms with Crippen molar-refractivity contribution >= 4 is 21.5 Å². The van der Waals surface area contributed by atoms with E-state index in [0.29, 0.717) is 5.39 Å². The molecule has 0 spiro atoms. The maximum Gasteiger partial charge on any atom is 0.258 e. The molecule has 0 aliphatic carbocycles. The first-order chi connectivity index (χ1) is 13.7. The number of nitrogens with zero attached hydrogens (tertiary/aromatic N) is 2. The number of fused-ring (bicyclic) bond motifs is 2. The van der Waals surface area contributed by atoms with E-state index in [-0.39, 0.29) is 16.9 Å². The smallest absolute Gasteiger partial charge is 0.258 e. The van der Waals surface area contributed by atoms with E-state index in [2.05, 4.69) is 0 Å². The fraction of sp³-hybridized carbons (Fsp3) is 0.217. The predicted molar refractivity (Wildman–Crippen MR) is 116 cm³/mol. The number of aromatic hydroxyl groups is 1. The van der Waals surface area contributed by atoms with Crippen LogP contribution in [-0.2, 0) is 14.1 Å². The van der Waals surface area contributed by atoms with Gasteiger partial charge in [-0.1, -0.05) is 0 Å². The summed E-state index contributed by atoms with van der Waals surface area (Å²) < 4.78 is 8.37. The number of ether oxygens (including phenoxy) is 1. The lowest BCUT2D eigenvalue weighted by Crippen LogP contribution is -2.18. The van der Waals surface area contributed by atoms with Crippen molar-refractivity contribution in [1.82, 2.24) is 9.13 Å². The van der Waals surface area contributed by atoms with Gasteiger partial charge in [-0.3, -0.25) is 9.59 Å². The van der Waals surface area contributed by atoms with Crippen LogP contribution in [0.25, 0.3) is 21.5 Å². The fourth-order valence-electron chi connectivity index (χ4n) is 3.17. The van der Waals surface area contributed by atoms with Crippen molar-refractivity contribution in [2.75, 3.05) is 7.11 Å². The normalized spacial score (nSPS) is 10.7. The summed E-state index contributed by atoms with van der Waals surface area (Å²) in [6.07, 6.45) is 0. The number of benzene rings is 2. The van der Waals surface area contributed by atoms with Crippen LogP contribution in [0.15, 0.2) is 58.1 Å². The number of phenolic OH excluding ortho intramolecular Hbond substituents is 1. The lowest BCUT2D eigenvalue weighted by molar-refractivity contribution is 0.415. The molecule has 0 bridgehead atoms. The molecule has 0 fully saturated rings. The van der Waals surface area contributed by atoms with E-state index in [9.17, 15) is 14.7 Å². The number of hydrogen-bond donors (Lipinski definition) is 1. The van der Waals surface area contributed by atoms with Gasteiger partial charge in [-0.25, -0.2) is 0 Å². The molecule has 6 heteroatoms. The maximum atomic E-state index is 11.9. The zero-order valence-electron chi connectivity index (χ0n) is 17.2. The van der Waals surface area contributed by atoms with Gasteiger partial charge in [0.25, 0.3) is 11.1 Å². The van der Waals surface area contributed by atoms with Gasteiger partial charge < -0.3 is 19.0 Å². The average molecular weight is 392 g/mol. The molecule has 0 radical (unpaired) electrons. The van der Waals surface area contributed by atoms with Crippen LogP contribution >= 0.6 is 0 Å². The summed E-state index contributed by atoms with van der Waals surface area (Å²) >= 11 is 0. The number of hydrogen-bond acceptors (Lipinski definition) is 4. The SMILES string of the molecule is COc1ccc2c(=O)n(C)c(C)cc2c1.Cc1cc2cc(O)ccc2c(=O)n1C. The molecule has 0 atom stereocenters. The molecule has 0 amide bonds. The zero-order chi connectivity index (χ0) is 21.3. The number of pyridine rings is 2. The van der Waals surface area contributed by atoms with E-state index in [1.54, 1.807) is 54.6 Å². The third-order valence-corrected chi connectivity index (χ3v) is 5.15. The molecule has 0 saturated heterocycles. The standard InChI is InChI=1S/C12H13NO2.C11H11NO2/c1-8-6-9-7-10(15-3)4-5-11(9)12(14)13(8)2;1-7-5-8-6-9(13)3-4-10(8)11(14)12(7)2/h4-7H,1-3H3;3-6,13H,1-2H3. The second-order valence-electron chi connectivity index (χ2n) is 7.02. The largest absolute Gasteiger partial charge is 0.508 e. The minimum Gasteiger partial charge on any atom is -0.508 e. The monoisotopic (exact) mass is 392 g/mol. The molecule has 29 heavy (non-hydrogen) atoms. The molecule has 0 unspecified atom stereocenters. The zero-order valence-corrected chi connectivity index (χ0v) is 17.2. The first kappa shape index (κ1) is 20.2. The highest BCUT2D eigenvalue weighted by Crippen LogP contribution is 2.19. The highest BCUT2D eigenvalue weighted by molar-refractivity contribution is 5.84. The van der Waals surface area contributed by atoms with E-state index in [4.69, 9.17) is 4.74 Å². The van der Waals surface area contributed by atoms with Crippen LogP contribution < -0.4 is 15.9 Å². The average Bonchev–Trinajstić information content (AvgIpc) is 2.70. The molecule has 6 nitrogen and oxygen atoms in total. The maximum absolute atomic E-state index is 11.9. The molecule has 2 aromatic heterocycles. The molecular formula is C23H24N2O4. The number of aromatic nitrogens is 2. The number of aryl methyl sites for hydroxylation is 2. The Morgan fingerprint density at radius 2 is 1.24 bits per heavy atom. The predicted octanol–water partition coefficient (Wildman–Crippen LogP) is 3.41. The van der Waals surface area contributed by atoms with Crippen molar-refractivity contribution in [1.29, 1.82) is 0 Å². The van der Waals surface area contributed by atoms with Crippen LogP contribution in [0.4, 0.5) is 0 Å². The number of rotatable bonds is 1. The minimum absolute atomic E-state index is 0.0278. The first-order valence-electron chi connectivity index (χ1n) is 9.16. The Labute approximate surface area is 168 Å². The summed E-state index contributed by atoms with van der Waals surface area (Å²) in [6.45, 7) is 3.78. The van der Waals surface area contributed by atoms with Gasteiger partial charge in [0, 0.05) is 36.3 Å². The quantitative estimate of drug-likeness (QED) is 0.539. The van der Waals surface area contributed by atoms with E-state index >= 15 is 0 Å². The Kier molecular flexibility index (Phi) is 5.46. The molecule has 0 aliphatic rings. The summed E-state index contributed by atoms with van der Waals surface area (Å²) in [5.74, 6) is 0.959. The Bertz CT molecular complexity index is 1330. The van der Waals surface area contributed by atoms with Crippen molar-refractivity contribution in [3.63, 3.8) is 0 Å². The van der Waals surface area contributed by atoms with Crippen LogP contribution in [0.5, 0.6) is 11.5 Å². The third kappa shape index (κ3) is 3.87. The summed E-state index contributed by atoms with van der Waals surface area (Å²) in [4.78, 5) is 23.6. The molecule has 1 N–H and O–H groups in total. The number of phenols is 1. The van der Waals surface area contributed by atoms with Gasteiger partial charge in [0.1, 0.15) is 11.5 Å². The summed E-state index contributed by atoms with van der Waals surface area (Å²) in [7, 11) is 5.14. The van der Waals surface area contributed by atoms with Crippen molar-refractivity contribution in [3.05, 3.63) is 80.6 Å². The molecule has 4 rings (SSSR count). The van der Waals surface area contributed by atoms with Gasteiger partial charge in [-0.05, 0) is 73.2 Å². The van der Waals surface area contributed by atoms with Crippen molar-refractivity contribution in [2.24, 2.45) is 14.1 Å². The Hall–Kier alpha value is -3.54.